The second-order valence-electron chi connectivity index (χ2n) is 5.46. The van der Waals surface area contributed by atoms with Crippen LogP contribution in [0.5, 0.6) is 0 Å². The molecule has 20 heavy (non-hydrogen) atoms. The third-order valence-electron chi connectivity index (χ3n) is 3.99. The highest BCUT2D eigenvalue weighted by Crippen LogP contribution is 2.30. The first-order chi connectivity index (χ1) is 9.72. The van der Waals surface area contributed by atoms with Crippen LogP contribution in [-0.2, 0) is 0 Å². The summed E-state index contributed by atoms with van der Waals surface area (Å²) >= 11 is 6.06. The maximum Gasteiger partial charge on any atom is 0.128 e. The minimum Gasteiger partial charge on any atom is -0.314 e. The van der Waals surface area contributed by atoms with Gasteiger partial charge in [0.05, 0.1) is 0 Å². The molecule has 1 N–H and O–H groups in total. The van der Waals surface area contributed by atoms with Crippen molar-refractivity contribution in [3.05, 3.63) is 34.6 Å². The van der Waals surface area contributed by atoms with Crippen molar-refractivity contribution in [2.75, 3.05) is 26.2 Å². The lowest BCUT2D eigenvalue weighted by molar-refractivity contribution is 0.159. The molecule has 0 unspecified atom stereocenters. The maximum atomic E-state index is 14.2. The fourth-order valence-corrected chi connectivity index (χ4v) is 3.07. The summed E-state index contributed by atoms with van der Waals surface area (Å²) in [6.07, 6.45) is 4.53. The van der Waals surface area contributed by atoms with E-state index in [1.807, 2.05) is 0 Å². The van der Waals surface area contributed by atoms with Gasteiger partial charge in [0.25, 0.3) is 0 Å². The van der Waals surface area contributed by atoms with Gasteiger partial charge in [0, 0.05) is 42.8 Å². The van der Waals surface area contributed by atoms with Gasteiger partial charge in [-0.25, -0.2) is 4.39 Å². The van der Waals surface area contributed by atoms with Crippen LogP contribution in [0.15, 0.2) is 18.2 Å². The number of nitrogens with zero attached hydrogens (tertiary/aromatic N) is 1. The predicted molar refractivity (Wildman–Crippen MR) is 82.7 cm³/mol. The third kappa shape index (κ3) is 4.18. The van der Waals surface area contributed by atoms with Gasteiger partial charge in [-0.05, 0) is 24.6 Å². The number of hydrogen-bond acceptors (Lipinski definition) is 2. The molecule has 1 aromatic carbocycles. The van der Waals surface area contributed by atoms with Gasteiger partial charge in [-0.15, -0.1) is 0 Å². The zero-order valence-corrected chi connectivity index (χ0v) is 12.9. The monoisotopic (exact) mass is 298 g/mol. The second kappa shape index (κ2) is 7.96. The molecule has 2 rings (SSSR count). The summed E-state index contributed by atoms with van der Waals surface area (Å²) in [5.74, 6) is -0.130. The van der Waals surface area contributed by atoms with Crippen LogP contribution in [-0.4, -0.2) is 31.1 Å². The quantitative estimate of drug-likeness (QED) is 0.799. The summed E-state index contributed by atoms with van der Waals surface area (Å²) in [6, 6.07) is 5.08. The maximum absolute atomic E-state index is 14.2. The zero-order valence-electron chi connectivity index (χ0n) is 12.2. The number of halogens is 2. The van der Waals surface area contributed by atoms with Crippen molar-refractivity contribution >= 4 is 11.6 Å². The number of nitrogens with one attached hydrogen (secondary N) is 1. The SMILES string of the molecule is CCCCC[C@H](c1cc(Cl)ccc1F)N1CCNCC1. The molecule has 0 aromatic heterocycles. The standard InChI is InChI=1S/C16H24ClFN2/c1-2-3-4-5-16(20-10-8-19-9-11-20)14-12-13(17)6-7-15(14)18/h6-7,12,16,19H,2-5,8-11H2,1H3/t16-/m1/s1. The molecular weight excluding hydrogens is 275 g/mol. The number of benzene rings is 1. The Kier molecular flexibility index (Phi) is 6.27. The van der Waals surface area contributed by atoms with Crippen LogP contribution in [0.4, 0.5) is 4.39 Å². The summed E-state index contributed by atoms with van der Waals surface area (Å²) in [5, 5.41) is 3.98. The van der Waals surface area contributed by atoms with Crippen molar-refractivity contribution < 1.29 is 4.39 Å². The van der Waals surface area contributed by atoms with Crippen molar-refractivity contribution in [3.8, 4) is 0 Å². The van der Waals surface area contributed by atoms with Crippen LogP contribution in [0, 0.1) is 5.82 Å². The molecular formula is C16H24ClFN2. The molecule has 4 heteroatoms. The minimum absolute atomic E-state index is 0.130. The summed E-state index contributed by atoms with van der Waals surface area (Å²) in [4.78, 5) is 2.39. The van der Waals surface area contributed by atoms with Crippen molar-refractivity contribution in [2.24, 2.45) is 0 Å². The lowest BCUT2D eigenvalue weighted by atomic mass is 9.97. The number of hydrogen-bond donors (Lipinski definition) is 1. The molecule has 0 bridgehead atoms. The normalized spacial score (nSPS) is 18.1. The largest absolute Gasteiger partial charge is 0.314 e. The molecule has 0 saturated carbocycles. The van der Waals surface area contributed by atoms with E-state index in [-0.39, 0.29) is 11.9 Å². The molecule has 0 radical (unpaired) electrons. The highest BCUT2D eigenvalue weighted by molar-refractivity contribution is 6.30. The molecule has 1 atom stereocenters. The van der Waals surface area contributed by atoms with E-state index in [2.05, 4.69) is 17.1 Å². The molecule has 0 amide bonds. The Hall–Kier alpha value is -0.640. The second-order valence-corrected chi connectivity index (χ2v) is 5.90. The summed E-state index contributed by atoms with van der Waals surface area (Å²) in [7, 11) is 0. The van der Waals surface area contributed by atoms with Crippen LogP contribution in [0.1, 0.15) is 44.2 Å². The lowest BCUT2D eigenvalue weighted by Crippen LogP contribution is -2.45. The highest BCUT2D eigenvalue weighted by atomic mass is 35.5. The Morgan fingerprint density at radius 2 is 2.05 bits per heavy atom. The van der Waals surface area contributed by atoms with E-state index >= 15 is 0 Å². The van der Waals surface area contributed by atoms with E-state index in [1.165, 1.54) is 18.9 Å². The van der Waals surface area contributed by atoms with E-state index in [0.29, 0.717) is 5.02 Å². The van der Waals surface area contributed by atoms with E-state index in [9.17, 15) is 4.39 Å². The summed E-state index contributed by atoms with van der Waals surface area (Å²) in [6.45, 7) is 6.10. The first-order valence-corrected chi connectivity index (χ1v) is 8.00. The van der Waals surface area contributed by atoms with E-state index in [0.717, 1.165) is 44.6 Å². The smallest absolute Gasteiger partial charge is 0.128 e. The van der Waals surface area contributed by atoms with E-state index in [1.54, 1.807) is 12.1 Å². The van der Waals surface area contributed by atoms with Gasteiger partial charge in [0.15, 0.2) is 0 Å². The van der Waals surface area contributed by atoms with Gasteiger partial charge in [0.2, 0.25) is 0 Å². The summed E-state index contributed by atoms with van der Waals surface area (Å²) in [5.41, 5.74) is 0.760. The van der Waals surface area contributed by atoms with Crippen molar-refractivity contribution in [2.45, 2.75) is 38.6 Å². The van der Waals surface area contributed by atoms with Crippen LogP contribution >= 0.6 is 11.6 Å². The highest BCUT2D eigenvalue weighted by Gasteiger charge is 2.24. The van der Waals surface area contributed by atoms with Crippen LogP contribution in [0.2, 0.25) is 5.02 Å². The van der Waals surface area contributed by atoms with Gasteiger partial charge in [0.1, 0.15) is 5.82 Å². The lowest BCUT2D eigenvalue weighted by Gasteiger charge is -2.35. The molecule has 1 fully saturated rings. The molecule has 0 aliphatic carbocycles. The first kappa shape index (κ1) is 15.7. The fourth-order valence-electron chi connectivity index (χ4n) is 2.89. The molecule has 1 heterocycles. The van der Waals surface area contributed by atoms with Crippen molar-refractivity contribution in [1.29, 1.82) is 0 Å². The predicted octanol–water partition coefficient (Wildman–Crippen LogP) is 4.01. The summed E-state index contributed by atoms with van der Waals surface area (Å²) < 4.78 is 14.2. The van der Waals surface area contributed by atoms with Gasteiger partial charge in [-0.2, -0.15) is 0 Å². The number of rotatable bonds is 6. The topological polar surface area (TPSA) is 15.3 Å². The molecule has 2 nitrogen and oxygen atoms in total. The molecule has 1 saturated heterocycles. The fraction of sp³-hybridized carbons (Fsp3) is 0.625. The van der Waals surface area contributed by atoms with Crippen LogP contribution in [0.25, 0.3) is 0 Å². The van der Waals surface area contributed by atoms with Crippen molar-refractivity contribution in [1.82, 2.24) is 10.2 Å². The number of unbranched alkanes of at least 4 members (excludes halogenated alkanes) is 2. The average molecular weight is 299 g/mol. The molecule has 1 aliphatic rings. The van der Waals surface area contributed by atoms with Crippen molar-refractivity contribution in [3.63, 3.8) is 0 Å². The Balaban J connectivity index is 2.17. The van der Waals surface area contributed by atoms with Gasteiger partial charge in [-0.1, -0.05) is 37.8 Å². The zero-order chi connectivity index (χ0) is 14.4. The molecule has 112 valence electrons. The average Bonchev–Trinajstić information content (AvgIpc) is 2.48. The molecule has 0 spiro atoms. The number of piperazine rings is 1. The Morgan fingerprint density at radius 3 is 2.75 bits per heavy atom. The minimum atomic E-state index is -0.130. The van der Waals surface area contributed by atoms with Gasteiger partial charge < -0.3 is 5.32 Å². The Morgan fingerprint density at radius 1 is 1.30 bits per heavy atom. The molecule has 1 aliphatic heterocycles. The van der Waals surface area contributed by atoms with E-state index in [4.69, 9.17) is 11.6 Å². The third-order valence-corrected chi connectivity index (χ3v) is 4.23. The van der Waals surface area contributed by atoms with Gasteiger partial charge in [-0.3, -0.25) is 4.90 Å². The van der Waals surface area contributed by atoms with Gasteiger partial charge >= 0.3 is 0 Å². The molecule has 1 aromatic rings. The first-order valence-electron chi connectivity index (χ1n) is 7.62. The Bertz CT molecular complexity index is 419. The van der Waals surface area contributed by atoms with Crippen LogP contribution < -0.4 is 5.32 Å². The van der Waals surface area contributed by atoms with E-state index < -0.39 is 0 Å². The Labute approximate surface area is 126 Å². The van der Waals surface area contributed by atoms with Crippen LogP contribution in [0.3, 0.4) is 0 Å².